The maximum atomic E-state index is 13.1. The summed E-state index contributed by atoms with van der Waals surface area (Å²) < 4.78 is 36.3. The second-order valence-electron chi connectivity index (χ2n) is 8.24. The van der Waals surface area contributed by atoms with Crippen LogP contribution in [0.25, 0.3) is 0 Å². The zero-order valence-electron chi connectivity index (χ0n) is 18.1. The summed E-state index contributed by atoms with van der Waals surface area (Å²) >= 11 is 6.02. The van der Waals surface area contributed by atoms with Crippen molar-refractivity contribution < 1.29 is 17.9 Å². The number of rotatable bonds is 5. The molecule has 0 spiro atoms. The number of piperidine rings is 1. The predicted octanol–water partition coefficient (Wildman–Crippen LogP) is 3.08. The van der Waals surface area contributed by atoms with Gasteiger partial charge in [0, 0.05) is 23.7 Å². The maximum Gasteiger partial charge on any atom is 0.309 e. The van der Waals surface area contributed by atoms with Crippen LogP contribution in [-0.2, 0) is 26.1 Å². The van der Waals surface area contributed by atoms with Gasteiger partial charge in [0.15, 0.2) is 5.84 Å². The van der Waals surface area contributed by atoms with Crippen molar-refractivity contribution >= 4 is 33.4 Å². The lowest BCUT2D eigenvalue weighted by atomic mass is 9.96. The summed E-state index contributed by atoms with van der Waals surface area (Å²) in [7, 11) is -3.68. The van der Waals surface area contributed by atoms with E-state index in [1.54, 1.807) is 47.4 Å². The molecule has 1 atom stereocenters. The molecule has 0 radical (unpaired) electrons. The Kier molecular flexibility index (Phi) is 6.09. The number of ether oxygens (including phenoxy) is 1. The quantitative estimate of drug-likeness (QED) is 0.496. The van der Waals surface area contributed by atoms with Crippen molar-refractivity contribution in [3.05, 3.63) is 77.3 Å². The summed E-state index contributed by atoms with van der Waals surface area (Å²) in [5, 5.41) is 4.72. The van der Waals surface area contributed by atoms with Crippen LogP contribution in [0.4, 0.5) is 0 Å². The molecule has 0 N–H and O–H groups in total. The van der Waals surface area contributed by atoms with E-state index >= 15 is 0 Å². The third kappa shape index (κ3) is 4.55. The van der Waals surface area contributed by atoms with E-state index in [1.165, 1.54) is 6.33 Å². The van der Waals surface area contributed by atoms with Crippen LogP contribution in [0.2, 0.25) is 5.02 Å². The molecule has 0 saturated carbocycles. The van der Waals surface area contributed by atoms with Gasteiger partial charge in [-0.05, 0) is 42.7 Å². The van der Waals surface area contributed by atoms with E-state index in [0.717, 1.165) is 5.56 Å². The number of likely N-dealkylation sites (tertiary alicyclic amines) is 1. The topological polar surface area (TPSA) is 107 Å². The maximum absolute atomic E-state index is 13.1. The Hall–Kier alpha value is -3.24. The van der Waals surface area contributed by atoms with Gasteiger partial charge in [-0.3, -0.25) is 4.79 Å². The SMILES string of the molecule is O=C(OC(Cn1cncn1)c1ccc(Cl)cc1)C1CCN(C2=NS(=O)(=O)c3ccccc32)CC1. The van der Waals surface area contributed by atoms with E-state index in [2.05, 4.69) is 14.5 Å². The Labute approximate surface area is 202 Å². The summed E-state index contributed by atoms with van der Waals surface area (Å²) in [4.78, 5) is 19.2. The fourth-order valence-electron chi connectivity index (χ4n) is 4.27. The molecular formula is C23H22ClN5O4S. The Morgan fingerprint density at radius 1 is 1.12 bits per heavy atom. The van der Waals surface area contributed by atoms with Crippen LogP contribution in [0, 0.1) is 5.92 Å². The first-order valence-electron chi connectivity index (χ1n) is 10.9. The molecule has 2 aromatic carbocycles. The molecule has 2 aliphatic heterocycles. The lowest BCUT2D eigenvalue weighted by Crippen LogP contribution is -2.41. The molecule has 1 fully saturated rings. The van der Waals surface area contributed by atoms with Crippen molar-refractivity contribution in [2.75, 3.05) is 13.1 Å². The first-order chi connectivity index (χ1) is 16.4. The fraction of sp³-hybridized carbons (Fsp3) is 0.304. The minimum atomic E-state index is -3.68. The number of carbonyl (C=O) groups excluding carboxylic acids is 1. The number of sulfonamides is 1. The minimum Gasteiger partial charge on any atom is -0.455 e. The van der Waals surface area contributed by atoms with Crippen molar-refractivity contribution in [3.8, 4) is 0 Å². The van der Waals surface area contributed by atoms with E-state index in [9.17, 15) is 13.2 Å². The van der Waals surface area contributed by atoms with Gasteiger partial charge in [-0.15, -0.1) is 4.40 Å². The molecule has 5 rings (SSSR count). The second-order valence-corrected chi connectivity index (χ2v) is 10.3. The van der Waals surface area contributed by atoms with E-state index in [4.69, 9.17) is 16.3 Å². The van der Waals surface area contributed by atoms with Crippen LogP contribution in [0.1, 0.15) is 30.1 Å². The van der Waals surface area contributed by atoms with Gasteiger partial charge >= 0.3 is 5.97 Å². The number of aromatic nitrogens is 3. The van der Waals surface area contributed by atoms with Gasteiger partial charge in [0.25, 0.3) is 10.0 Å². The van der Waals surface area contributed by atoms with Crippen LogP contribution >= 0.6 is 11.6 Å². The number of amidine groups is 1. The summed E-state index contributed by atoms with van der Waals surface area (Å²) in [5.74, 6) is -0.135. The number of benzene rings is 2. The highest BCUT2D eigenvalue weighted by Crippen LogP contribution is 2.31. The van der Waals surface area contributed by atoms with E-state index in [-0.39, 0.29) is 16.8 Å². The Bertz CT molecular complexity index is 1320. The van der Waals surface area contributed by atoms with Crippen LogP contribution in [0.5, 0.6) is 0 Å². The lowest BCUT2D eigenvalue weighted by molar-refractivity contribution is -0.156. The van der Waals surface area contributed by atoms with Gasteiger partial charge in [-0.1, -0.05) is 35.9 Å². The van der Waals surface area contributed by atoms with Crippen LogP contribution in [0.3, 0.4) is 0 Å². The van der Waals surface area contributed by atoms with E-state index in [1.807, 2.05) is 17.0 Å². The molecule has 1 unspecified atom stereocenters. The Morgan fingerprint density at radius 2 is 1.85 bits per heavy atom. The molecule has 1 aromatic heterocycles. The van der Waals surface area contributed by atoms with Crippen molar-refractivity contribution in [1.82, 2.24) is 19.7 Å². The van der Waals surface area contributed by atoms with Gasteiger partial charge < -0.3 is 9.64 Å². The number of nitrogens with zero attached hydrogens (tertiary/aromatic N) is 5. The van der Waals surface area contributed by atoms with Gasteiger partial charge in [0.1, 0.15) is 23.7 Å². The summed E-state index contributed by atoms with van der Waals surface area (Å²) in [6.07, 6.45) is 3.54. The highest BCUT2D eigenvalue weighted by Gasteiger charge is 2.35. The van der Waals surface area contributed by atoms with Crippen molar-refractivity contribution in [1.29, 1.82) is 0 Å². The minimum absolute atomic E-state index is 0.227. The van der Waals surface area contributed by atoms with Gasteiger partial charge in [-0.2, -0.15) is 13.5 Å². The Morgan fingerprint density at radius 3 is 2.56 bits per heavy atom. The highest BCUT2D eigenvalue weighted by atomic mass is 35.5. The number of hydrogen-bond donors (Lipinski definition) is 0. The largest absolute Gasteiger partial charge is 0.455 e. The second kappa shape index (κ2) is 9.19. The van der Waals surface area contributed by atoms with Gasteiger partial charge in [0.05, 0.1) is 12.5 Å². The van der Waals surface area contributed by atoms with Crippen LogP contribution < -0.4 is 0 Å². The van der Waals surface area contributed by atoms with Gasteiger partial charge in [0.2, 0.25) is 0 Å². The third-order valence-electron chi connectivity index (χ3n) is 6.06. The monoisotopic (exact) mass is 499 g/mol. The number of carbonyl (C=O) groups is 1. The molecule has 176 valence electrons. The molecule has 3 heterocycles. The number of halogens is 1. The third-order valence-corrected chi connectivity index (χ3v) is 7.64. The fourth-order valence-corrected chi connectivity index (χ4v) is 5.62. The molecule has 0 bridgehead atoms. The zero-order valence-corrected chi connectivity index (χ0v) is 19.7. The molecular weight excluding hydrogens is 478 g/mol. The molecule has 11 heteroatoms. The zero-order chi connectivity index (χ0) is 23.7. The van der Waals surface area contributed by atoms with E-state index in [0.29, 0.717) is 48.9 Å². The molecule has 9 nitrogen and oxygen atoms in total. The van der Waals surface area contributed by atoms with Crippen LogP contribution in [-0.4, -0.2) is 53.0 Å². The summed E-state index contributed by atoms with van der Waals surface area (Å²) in [5.41, 5.74) is 1.42. The Balaban J connectivity index is 1.26. The molecule has 34 heavy (non-hydrogen) atoms. The smallest absolute Gasteiger partial charge is 0.309 e. The van der Waals surface area contributed by atoms with Crippen molar-refractivity contribution in [2.24, 2.45) is 10.3 Å². The predicted molar refractivity (Wildman–Crippen MR) is 125 cm³/mol. The molecule has 3 aromatic rings. The summed E-state index contributed by atoms with van der Waals surface area (Å²) in [6.45, 7) is 1.35. The molecule has 0 aliphatic carbocycles. The number of esters is 1. The highest BCUT2D eigenvalue weighted by molar-refractivity contribution is 7.90. The molecule has 1 saturated heterocycles. The number of hydrogen-bond acceptors (Lipinski definition) is 7. The average molecular weight is 500 g/mol. The normalized spacial score (nSPS) is 18.3. The van der Waals surface area contributed by atoms with Crippen molar-refractivity contribution in [3.63, 3.8) is 0 Å². The van der Waals surface area contributed by atoms with Crippen LogP contribution in [0.15, 0.2) is 70.5 Å². The standard InChI is InChI=1S/C23H22ClN5O4S/c24-18-7-5-16(6-8-18)20(13-29-15-25-14-26-29)33-23(30)17-9-11-28(12-10-17)22-19-3-1-2-4-21(19)34(31,32)27-22/h1-8,14-15,17,20H,9-13H2. The van der Waals surface area contributed by atoms with E-state index < -0.39 is 16.1 Å². The average Bonchev–Trinajstić information content (AvgIpc) is 3.45. The van der Waals surface area contributed by atoms with Gasteiger partial charge in [-0.25, -0.2) is 9.67 Å². The first kappa shape index (κ1) is 22.5. The number of fused-ring (bicyclic) bond motifs is 1. The lowest BCUT2D eigenvalue weighted by Gasteiger charge is -2.33. The molecule has 0 amide bonds. The molecule has 2 aliphatic rings. The summed E-state index contributed by atoms with van der Waals surface area (Å²) in [6, 6.07) is 14.0. The first-order valence-corrected chi connectivity index (χ1v) is 12.7. The van der Waals surface area contributed by atoms with Crippen molar-refractivity contribution in [2.45, 2.75) is 30.4 Å².